The first-order valence-corrected chi connectivity index (χ1v) is 14.0. The Morgan fingerprint density at radius 3 is 2.24 bits per heavy atom. The van der Waals surface area contributed by atoms with E-state index in [0.717, 1.165) is 11.1 Å². The van der Waals surface area contributed by atoms with Crippen LogP contribution in [0.1, 0.15) is 29.9 Å². The number of para-hydroxylation sites is 2. The molecule has 0 spiro atoms. The number of hydrogen-bond donors (Lipinski definition) is 7. The van der Waals surface area contributed by atoms with Crippen molar-refractivity contribution in [2.75, 3.05) is 25.9 Å². The lowest BCUT2D eigenvalue weighted by molar-refractivity contribution is -0.121. The molecule has 4 rings (SSSR count). The normalized spacial score (nSPS) is 25.4. The van der Waals surface area contributed by atoms with Gasteiger partial charge in [-0.3, -0.25) is 9.36 Å². The van der Waals surface area contributed by atoms with Gasteiger partial charge in [-0.05, 0) is 25.0 Å². The zero-order chi connectivity index (χ0) is 26.6. The second-order valence-electron chi connectivity index (χ2n) is 9.34. The number of benzene rings is 2. The molecule has 12 heteroatoms. The van der Waals surface area contributed by atoms with Gasteiger partial charge in [-0.2, -0.15) is 0 Å². The molecule has 2 aromatic rings. The molecule has 7 N–H and O–H groups in total. The molecule has 0 aromatic heterocycles. The van der Waals surface area contributed by atoms with Gasteiger partial charge in [0.15, 0.2) is 0 Å². The molecule has 2 aliphatic heterocycles. The van der Waals surface area contributed by atoms with Crippen molar-refractivity contribution in [1.82, 2.24) is 10.6 Å². The summed E-state index contributed by atoms with van der Waals surface area (Å²) in [6.45, 7) is -0.296. The van der Waals surface area contributed by atoms with Crippen LogP contribution in [0.4, 0.5) is 0 Å². The molecule has 1 saturated heterocycles. The van der Waals surface area contributed by atoms with Crippen LogP contribution in [0.3, 0.4) is 0 Å². The molecule has 2 aliphatic rings. The molecule has 1 unspecified atom stereocenters. The first-order valence-electron chi connectivity index (χ1n) is 12.2. The second-order valence-corrected chi connectivity index (χ2v) is 11.2. The largest absolute Gasteiger partial charge is 0.457 e. The van der Waals surface area contributed by atoms with E-state index in [2.05, 4.69) is 10.6 Å². The van der Waals surface area contributed by atoms with Crippen molar-refractivity contribution in [3.05, 3.63) is 59.7 Å². The van der Waals surface area contributed by atoms with Crippen LogP contribution >= 0.6 is 7.60 Å². The van der Waals surface area contributed by atoms with Crippen LogP contribution < -0.4 is 15.4 Å². The fourth-order valence-electron chi connectivity index (χ4n) is 4.79. The Morgan fingerprint density at radius 1 is 1.05 bits per heavy atom. The van der Waals surface area contributed by atoms with Crippen LogP contribution in [0.2, 0.25) is 0 Å². The van der Waals surface area contributed by atoms with Gasteiger partial charge >= 0.3 is 7.60 Å². The molecule has 0 saturated carbocycles. The molecule has 1 fully saturated rings. The standard InChI is InChI=1S/C25H33N2O9P/c28-13-19-24(31)23(30)18(27-19)12-15(29)14-37(33,34)35-11-5-10-26-25(32)22-16-6-1-3-8-20(16)36-21-9-4-2-7-17(21)22/h1-4,6-9,15,18-19,22-24,27-31H,5,10-14H2,(H,26,32)(H,33,34)/t15-,18-,19-,23-,24-/m1/s1. The maximum Gasteiger partial charge on any atom is 0.330 e. The quantitative estimate of drug-likeness (QED) is 0.157. The minimum Gasteiger partial charge on any atom is -0.457 e. The zero-order valence-corrected chi connectivity index (χ0v) is 21.0. The number of carbonyl (C=O) groups is 1. The highest BCUT2D eigenvalue weighted by atomic mass is 31.2. The van der Waals surface area contributed by atoms with E-state index in [0.29, 0.717) is 11.5 Å². The Hall–Kier alpha value is -2.34. The van der Waals surface area contributed by atoms with E-state index in [-0.39, 0.29) is 31.9 Å². The highest BCUT2D eigenvalue weighted by molar-refractivity contribution is 7.52. The summed E-state index contributed by atoms with van der Waals surface area (Å²) in [6, 6.07) is 13.2. The summed E-state index contributed by atoms with van der Waals surface area (Å²) >= 11 is 0. The van der Waals surface area contributed by atoms with Crippen LogP contribution in [0.25, 0.3) is 0 Å². The predicted octanol–water partition coefficient (Wildman–Crippen LogP) is 0.438. The molecule has 0 bridgehead atoms. The lowest BCUT2D eigenvalue weighted by Crippen LogP contribution is -2.38. The van der Waals surface area contributed by atoms with Crippen LogP contribution in [0.5, 0.6) is 11.5 Å². The predicted molar refractivity (Wildman–Crippen MR) is 134 cm³/mol. The van der Waals surface area contributed by atoms with E-state index in [1.165, 1.54) is 0 Å². The minimum atomic E-state index is -4.14. The van der Waals surface area contributed by atoms with Crippen LogP contribution in [-0.2, 0) is 13.9 Å². The summed E-state index contributed by atoms with van der Waals surface area (Å²) in [6.07, 6.45) is -4.08. The van der Waals surface area contributed by atoms with Gasteiger partial charge in [0.05, 0.1) is 49.6 Å². The Morgan fingerprint density at radius 2 is 1.65 bits per heavy atom. The van der Waals surface area contributed by atoms with Crippen molar-refractivity contribution in [2.24, 2.45) is 0 Å². The van der Waals surface area contributed by atoms with Crippen LogP contribution in [0, 0.1) is 0 Å². The molecule has 6 atom stereocenters. The van der Waals surface area contributed by atoms with Crippen molar-refractivity contribution in [3.8, 4) is 11.5 Å². The number of aliphatic hydroxyl groups is 4. The molecule has 2 aromatic carbocycles. The maximum absolute atomic E-state index is 13.1. The number of carbonyl (C=O) groups excluding carboxylic acids is 1. The summed E-state index contributed by atoms with van der Waals surface area (Å²) in [5, 5.41) is 44.9. The highest BCUT2D eigenvalue weighted by Crippen LogP contribution is 2.44. The molecule has 2 heterocycles. The van der Waals surface area contributed by atoms with E-state index in [9.17, 15) is 34.7 Å². The maximum atomic E-state index is 13.1. The molecule has 11 nitrogen and oxygen atoms in total. The topological polar surface area (TPSA) is 178 Å². The van der Waals surface area contributed by atoms with Gasteiger partial charge in [0.1, 0.15) is 11.5 Å². The average molecular weight is 537 g/mol. The van der Waals surface area contributed by atoms with Gasteiger partial charge in [-0.1, -0.05) is 36.4 Å². The number of aliphatic hydroxyl groups excluding tert-OH is 4. The number of hydrogen-bond acceptors (Lipinski definition) is 9. The van der Waals surface area contributed by atoms with Crippen molar-refractivity contribution in [2.45, 2.75) is 49.2 Å². The van der Waals surface area contributed by atoms with E-state index in [1.54, 1.807) is 0 Å². The smallest absolute Gasteiger partial charge is 0.330 e. The van der Waals surface area contributed by atoms with Crippen molar-refractivity contribution >= 4 is 13.5 Å². The fraction of sp³-hybridized carbons (Fsp3) is 0.480. The van der Waals surface area contributed by atoms with E-state index in [4.69, 9.17) is 9.26 Å². The second kappa shape index (κ2) is 12.0. The van der Waals surface area contributed by atoms with Crippen LogP contribution in [-0.4, -0.2) is 87.5 Å². The number of rotatable bonds is 11. The first-order chi connectivity index (χ1) is 17.7. The van der Waals surface area contributed by atoms with E-state index in [1.807, 2.05) is 48.5 Å². The lowest BCUT2D eigenvalue weighted by atomic mass is 9.87. The summed E-state index contributed by atoms with van der Waals surface area (Å²) in [4.78, 5) is 23.2. The lowest BCUT2D eigenvalue weighted by Gasteiger charge is -2.27. The monoisotopic (exact) mass is 536 g/mol. The minimum absolute atomic E-state index is 0.104. The summed E-state index contributed by atoms with van der Waals surface area (Å²) in [5.41, 5.74) is 1.51. The Kier molecular flexibility index (Phi) is 8.99. The highest BCUT2D eigenvalue weighted by Gasteiger charge is 2.42. The van der Waals surface area contributed by atoms with Crippen molar-refractivity contribution in [3.63, 3.8) is 0 Å². The van der Waals surface area contributed by atoms with Crippen LogP contribution in [0.15, 0.2) is 48.5 Å². The van der Waals surface area contributed by atoms with Crippen molar-refractivity contribution < 1.29 is 43.9 Å². The number of amides is 1. The summed E-state index contributed by atoms with van der Waals surface area (Å²) in [5.74, 6) is 0.457. The molecule has 202 valence electrons. The molecule has 37 heavy (non-hydrogen) atoms. The average Bonchev–Trinajstić information content (AvgIpc) is 3.14. The van der Waals surface area contributed by atoms with Crippen molar-refractivity contribution in [1.29, 1.82) is 0 Å². The van der Waals surface area contributed by atoms with Gasteiger partial charge < -0.3 is 45.2 Å². The van der Waals surface area contributed by atoms with E-state index >= 15 is 0 Å². The molecule has 1 amide bonds. The van der Waals surface area contributed by atoms with E-state index < -0.39 is 56.7 Å². The number of nitrogens with one attached hydrogen (secondary N) is 2. The molecular weight excluding hydrogens is 503 g/mol. The Bertz CT molecular complexity index is 1090. The fourth-order valence-corrected chi connectivity index (χ4v) is 5.99. The van der Waals surface area contributed by atoms with Gasteiger partial charge in [0, 0.05) is 23.7 Å². The Labute approximate surface area is 214 Å². The third kappa shape index (κ3) is 6.57. The first kappa shape index (κ1) is 27.7. The molecular formula is C25H33N2O9P. The van der Waals surface area contributed by atoms with Gasteiger partial charge in [-0.25, -0.2) is 0 Å². The van der Waals surface area contributed by atoms with Gasteiger partial charge in [0.2, 0.25) is 5.91 Å². The summed E-state index contributed by atoms with van der Waals surface area (Å²) < 4.78 is 23.4. The third-order valence-corrected chi connectivity index (χ3v) is 8.09. The zero-order valence-electron chi connectivity index (χ0n) is 20.1. The number of ether oxygens (including phenoxy) is 1. The SMILES string of the molecule is O=C(NCCCOP(=O)(O)C[C@H](O)C[C@H]1N[C@H](CO)[C@@H](O)[C@@H]1O)C1c2ccccc2Oc2ccccc21. The van der Waals surface area contributed by atoms with Gasteiger partial charge in [0.25, 0.3) is 0 Å². The molecule has 0 radical (unpaired) electrons. The Balaban J connectivity index is 1.23. The summed E-state index contributed by atoms with van der Waals surface area (Å²) in [7, 11) is -4.14. The molecule has 0 aliphatic carbocycles. The third-order valence-electron chi connectivity index (χ3n) is 6.62. The van der Waals surface area contributed by atoms with Gasteiger partial charge in [-0.15, -0.1) is 0 Å². The number of fused-ring (bicyclic) bond motifs is 2.